The number of hydrogen-bond acceptors (Lipinski definition) is 2. The summed E-state index contributed by atoms with van der Waals surface area (Å²) >= 11 is 0. The maximum absolute atomic E-state index is 3.79. The number of hydrogen-bond donors (Lipinski definition) is 1. The van der Waals surface area contributed by atoms with Gasteiger partial charge in [-0.2, -0.15) is 0 Å². The van der Waals surface area contributed by atoms with Crippen molar-refractivity contribution in [3.8, 4) is 0 Å². The van der Waals surface area contributed by atoms with Crippen LogP contribution in [0.4, 0.5) is 0 Å². The zero-order valence-electron chi connectivity index (χ0n) is 13.0. The van der Waals surface area contributed by atoms with Crippen LogP contribution in [0, 0.1) is 11.8 Å². The molecule has 0 aromatic heterocycles. The first-order valence-corrected chi connectivity index (χ1v) is 8.11. The minimum Gasteiger partial charge on any atom is -0.313 e. The molecule has 0 amide bonds. The van der Waals surface area contributed by atoms with Gasteiger partial charge in [0.25, 0.3) is 0 Å². The maximum Gasteiger partial charge on any atom is 0.0198 e. The first-order chi connectivity index (χ1) is 8.65. The van der Waals surface area contributed by atoms with Crippen LogP contribution in [0.25, 0.3) is 0 Å². The lowest BCUT2D eigenvalue weighted by atomic mass is 9.90. The average molecular weight is 254 g/mol. The molecule has 2 atom stereocenters. The summed E-state index contributed by atoms with van der Waals surface area (Å²) in [5.74, 6) is 1.74. The molecule has 1 N–H and O–H groups in total. The van der Waals surface area contributed by atoms with Gasteiger partial charge in [-0.1, -0.05) is 34.1 Å². The Labute approximate surface area is 115 Å². The summed E-state index contributed by atoms with van der Waals surface area (Å²) < 4.78 is 0. The summed E-state index contributed by atoms with van der Waals surface area (Å²) in [4.78, 5) is 2.68. The molecule has 1 aliphatic heterocycles. The van der Waals surface area contributed by atoms with Gasteiger partial charge < -0.3 is 10.2 Å². The van der Waals surface area contributed by atoms with E-state index in [1.165, 1.54) is 58.3 Å². The molecule has 18 heavy (non-hydrogen) atoms. The van der Waals surface area contributed by atoms with Gasteiger partial charge in [0.15, 0.2) is 0 Å². The Balaban J connectivity index is 2.35. The third-order valence-corrected chi connectivity index (χ3v) is 4.00. The van der Waals surface area contributed by atoms with Gasteiger partial charge in [-0.3, -0.25) is 0 Å². The molecule has 0 aliphatic carbocycles. The molecule has 108 valence electrons. The van der Waals surface area contributed by atoms with Crippen LogP contribution < -0.4 is 5.32 Å². The lowest BCUT2D eigenvalue weighted by Crippen LogP contribution is -2.49. The van der Waals surface area contributed by atoms with Crippen LogP contribution in [0.5, 0.6) is 0 Å². The minimum atomic E-state index is 0.737. The molecule has 0 aromatic carbocycles. The second-order valence-corrected chi connectivity index (χ2v) is 6.48. The van der Waals surface area contributed by atoms with Crippen LogP contribution >= 0.6 is 0 Å². The van der Waals surface area contributed by atoms with E-state index in [9.17, 15) is 0 Å². The van der Waals surface area contributed by atoms with Gasteiger partial charge in [0, 0.05) is 19.1 Å². The van der Waals surface area contributed by atoms with Crippen molar-refractivity contribution in [2.24, 2.45) is 11.8 Å². The highest BCUT2D eigenvalue weighted by molar-refractivity contribution is 4.83. The lowest BCUT2D eigenvalue weighted by molar-refractivity contribution is 0.135. The van der Waals surface area contributed by atoms with E-state index >= 15 is 0 Å². The Bertz CT molecular complexity index is 189. The molecular formula is C16H34N2. The highest BCUT2D eigenvalue weighted by Crippen LogP contribution is 2.21. The third kappa shape index (κ3) is 6.19. The van der Waals surface area contributed by atoms with E-state index in [-0.39, 0.29) is 0 Å². The Hall–Kier alpha value is -0.0800. The first-order valence-electron chi connectivity index (χ1n) is 8.11. The molecule has 1 fully saturated rings. The Morgan fingerprint density at radius 2 is 1.94 bits per heavy atom. The zero-order chi connectivity index (χ0) is 13.4. The van der Waals surface area contributed by atoms with Gasteiger partial charge >= 0.3 is 0 Å². The Morgan fingerprint density at radius 1 is 1.17 bits per heavy atom. The molecule has 2 nitrogen and oxygen atoms in total. The van der Waals surface area contributed by atoms with Crippen LogP contribution in [0.2, 0.25) is 0 Å². The highest BCUT2D eigenvalue weighted by Gasteiger charge is 2.25. The summed E-state index contributed by atoms with van der Waals surface area (Å²) in [5, 5.41) is 3.79. The molecule has 1 saturated heterocycles. The van der Waals surface area contributed by atoms with Crippen molar-refractivity contribution >= 4 is 0 Å². The highest BCUT2D eigenvalue weighted by atomic mass is 15.2. The number of rotatable bonds is 8. The minimum absolute atomic E-state index is 0.737. The summed E-state index contributed by atoms with van der Waals surface area (Å²) in [6.45, 7) is 14.3. The van der Waals surface area contributed by atoms with Gasteiger partial charge in [0.2, 0.25) is 0 Å². The molecule has 0 aromatic rings. The fraction of sp³-hybridized carbons (Fsp3) is 1.00. The largest absolute Gasteiger partial charge is 0.313 e. The predicted octanol–water partition coefficient (Wildman–Crippen LogP) is 3.52. The van der Waals surface area contributed by atoms with E-state index in [0.29, 0.717) is 0 Å². The number of nitrogens with zero attached hydrogens (tertiary/aromatic N) is 1. The SMILES string of the molecule is CCCC1CC(NCCC(C)C)CN(CCC)C1. The van der Waals surface area contributed by atoms with Crippen molar-refractivity contribution in [1.29, 1.82) is 0 Å². The summed E-state index contributed by atoms with van der Waals surface area (Å²) in [6.07, 6.45) is 6.73. The summed E-state index contributed by atoms with van der Waals surface area (Å²) in [6, 6.07) is 0.737. The molecule has 1 aliphatic rings. The number of piperidine rings is 1. The third-order valence-electron chi connectivity index (χ3n) is 4.00. The van der Waals surface area contributed by atoms with Gasteiger partial charge in [0.1, 0.15) is 0 Å². The topological polar surface area (TPSA) is 15.3 Å². The molecule has 0 saturated carbocycles. The van der Waals surface area contributed by atoms with Crippen LogP contribution in [-0.4, -0.2) is 37.1 Å². The van der Waals surface area contributed by atoms with Crippen LogP contribution in [0.1, 0.15) is 59.8 Å². The molecular weight excluding hydrogens is 220 g/mol. The quantitative estimate of drug-likeness (QED) is 0.713. The second kappa shape index (κ2) is 8.92. The average Bonchev–Trinajstić information content (AvgIpc) is 2.29. The monoisotopic (exact) mass is 254 g/mol. The maximum atomic E-state index is 3.79. The van der Waals surface area contributed by atoms with E-state index < -0.39 is 0 Å². The van der Waals surface area contributed by atoms with Crippen molar-refractivity contribution in [3.63, 3.8) is 0 Å². The standard InChI is InChI=1S/C16H34N2/c1-5-7-15-11-16(17-9-8-14(3)4)13-18(12-15)10-6-2/h14-17H,5-13H2,1-4H3. The second-order valence-electron chi connectivity index (χ2n) is 6.48. The van der Waals surface area contributed by atoms with E-state index in [0.717, 1.165) is 17.9 Å². The Kier molecular flexibility index (Phi) is 7.92. The summed E-state index contributed by atoms with van der Waals surface area (Å²) in [5.41, 5.74) is 0. The fourth-order valence-corrected chi connectivity index (χ4v) is 3.14. The lowest BCUT2D eigenvalue weighted by Gasteiger charge is -2.38. The van der Waals surface area contributed by atoms with Gasteiger partial charge in [-0.15, -0.1) is 0 Å². The van der Waals surface area contributed by atoms with E-state index in [4.69, 9.17) is 0 Å². The fourth-order valence-electron chi connectivity index (χ4n) is 3.14. The number of nitrogens with one attached hydrogen (secondary N) is 1. The van der Waals surface area contributed by atoms with E-state index in [1.54, 1.807) is 0 Å². The van der Waals surface area contributed by atoms with Gasteiger partial charge in [-0.25, -0.2) is 0 Å². The van der Waals surface area contributed by atoms with Crippen molar-refractivity contribution in [1.82, 2.24) is 10.2 Å². The van der Waals surface area contributed by atoms with E-state index in [1.807, 2.05) is 0 Å². The molecule has 0 spiro atoms. The van der Waals surface area contributed by atoms with Gasteiger partial charge in [-0.05, 0) is 50.6 Å². The van der Waals surface area contributed by atoms with Crippen molar-refractivity contribution in [2.75, 3.05) is 26.2 Å². The molecule has 0 bridgehead atoms. The summed E-state index contributed by atoms with van der Waals surface area (Å²) in [7, 11) is 0. The van der Waals surface area contributed by atoms with Crippen LogP contribution in [-0.2, 0) is 0 Å². The molecule has 0 radical (unpaired) electrons. The van der Waals surface area contributed by atoms with E-state index in [2.05, 4.69) is 37.9 Å². The molecule has 2 heteroatoms. The number of likely N-dealkylation sites (tertiary alicyclic amines) is 1. The molecule has 1 rings (SSSR count). The molecule has 2 unspecified atom stereocenters. The van der Waals surface area contributed by atoms with Crippen LogP contribution in [0.15, 0.2) is 0 Å². The van der Waals surface area contributed by atoms with Crippen molar-refractivity contribution in [2.45, 2.75) is 65.8 Å². The Morgan fingerprint density at radius 3 is 2.56 bits per heavy atom. The van der Waals surface area contributed by atoms with Gasteiger partial charge in [0.05, 0.1) is 0 Å². The first kappa shape index (κ1) is 16.0. The normalized spacial score (nSPS) is 25.8. The zero-order valence-corrected chi connectivity index (χ0v) is 13.0. The predicted molar refractivity (Wildman–Crippen MR) is 81.0 cm³/mol. The van der Waals surface area contributed by atoms with Crippen molar-refractivity contribution < 1.29 is 0 Å². The van der Waals surface area contributed by atoms with Crippen LogP contribution in [0.3, 0.4) is 0 Å². The smallest absolute Gasteiger partial charge is 0.0198 e. The van der Waals surface area contributed by atoms with Crippen molar-refractivity contribution in [3.05, 3.63) is 0 Å². The molecule has 1 heterocycles.